The molecule has 6 nitrogen and oxygen atoms in total. The Morgan fingerprint density at radius 3 is 2.18 bits per heavy atom. The second-order valence-electron chi connectivity index (χ2n) is 6.18. The van der Waals surface area contributed by atoms with Crippen molar-refractivity contribution in [3.63, 3.8) is 0 Å². The van der Waals surface area contributed by atoms with Crippen LogP contribution in [0.5, 0.6) is 0 Å². The third-order valence-electron chi connectivity index (χ3n) is 4.30. The summed E-state index contributed by atoms with van der Waals surface area (Å²) < 4.78 is 31.2. The Labute approximate surface area is 158 Å². The predicted octanol–water partition coefficient (Wildman–Crippen LogP) is 2.77. The summed E-state index contributed by atoms with van der Waals surface area (Å²) in [6.45, 7) is 1.10. The van der Waals surface area contributed by atoms with Crippen LogP contribution < -0.4 is 0 Å². The first-order chi connectivity index (χ1) is 13.3. The number of nitrogens with zero attached hydrogens (tertiary/aromatic N) is 1. The molecule has 0 unspecified atom stereocenters. The number of Topliss-reactive ketones (excluding diaryl/α,β-unsaturated/α-hetero) is 1. The molecule has 1 heterocycles. The van der Waals surface area contributed by atoms with E-state index >= 15 is 0 Å². The van der Waals surface area contributed by atoms with E-state index in [2.05, 4.69) is 0 Å². The van der Waals surface area contributed by atoms with Crippen molar-refractivity contribution in [3.05, 3.63) is 70.8 Å². The number of hydrogen-bond acceptors (Lipinski definition) is 5. The van der Waals surface area contributed by atoms with Crippen molar-refractivity contribution in [3.8, 4) is 0 Å². The number of carbonyl (C=O) groups is 4. The van der Waals surface area contributed by atoms with Gasteiger partial charge in [-0.2, -0.15) is 0 Å². The smallest absolute Gasteiger partial charge is 0.308 e. The molecule has 2 aromatic rings. The molecule has 2 amide bonds. The SMILES string of the molecule is C[C@H](OC(=O)CCN1C(=O)c2ccccc2C1=O)C(=O)c1ccc(F)c(F)c1. The number of carbonyl (C=O) groups excluding carboxylic acids is 4. The Morgan fingerprint density at radius 2 is 1.61 bits per heavy atom. The normalized spacial score (nSPS) is 14.0. The minimum atomic E-state index is -1.24. The van der Waals surface area contributed by atoms with Crippen molar-refractivity contribution in [1.29, 1.82) is 0 Å². The van der Waals surface area contributed by atoms with Crippen LogP contribution in [0, 0.1) is 11.6 Å². The molecule has 8 heteroatoms. The number of ether oxygens (including phenoxy) is 1. The van der Waals surface area contributed by atoms with Crippen LogP contribution in [0.4, 0.5) is 8.78 Å². The Balaban J connectivity index is 1.57. The predicted molar refractivity (Wildman–Crippen MR) is 92.7 cm³/mol. The Kier molecular flexibility index (Phi) is 5.30. The molecule has 0 bridgehead atoms. The lowest BCUT2D eigenvalue weighted by molar-refractivity contribution is -0.146. The number of esters is 1. The van der Waals surface area contributed by atoms with Crippen molar-refractivity contribution in [2.24, 2.45) is 0 Å². The molecule has 0 aliphatic carbocycles. The molecular weight excluding hydrogens is 372 g/mol. The van der Waals surface area contributed by atoms with E-state index in [0.717, 1.165) is 23.1 Å². The van der Waals surface area contributed by atoms with Crippen molar-refractivity contribution in [2.75, 3.05) is 6.54 Å². The summed E-state index contributed by atoms with van der Waals surface area (Å²) in [6, 6.07) is 8.93. The average Bonchev–Trinajstić information content (AvgIpc) is 2.92. The largest absolute Gasteiger partial charge is 0.454 e. The highest BCUT2D eigenvalue weighted by atomic mass is 19.2. The van der Waals surface area contributed by atoms with Crippen molar-refractivity contribution in [2.45, 2.75) is 19.4 Å². The topological polar surface area (TPSA) is 80.8 Å². The number of hydrogen-bond donors (Lipinski definition) is 0. The molecule has 0 radical (unpaired) electrons. The van der Waals surface area contributed by atoms with Crippen LogP contribution in [-0.2, 0) is 9.53 Å². The third kappa shape index (κ3) is 3.66. The quantitative estimate of drug-likeness (QED) is 0.433. The van der Waals surface area contributed by atoms with E-state index in [1.165, 1.54) is 19.1 Å². The number of amides is 2. The molecule has 0 saturated carbocycles. The first-order valence-corrected chi connectivity index (χ1v) is 8.43. The maximum Gasteiger partial charge on any atom is 0.308 e. The lowest BCUT2D eigenvalue weighted by atomic mass is 10.1. The summed E-state index contributed by atoms with van der Waals surface area (Å²) in [5, 5.41) is 0. The van der Waals surface area contributed by atoms with E-state index in [1.807, 2.05) is 0 Å². The lowest BCUT2D eigenvalue weighted by Crippen LogP contribution is -2.33. The standard InChI is InChI=1S/C20H15F2NO5/c1-11(18(25)12-6-7-15(21)16(22)10-12)28-17(24)8-9-23-19(26)13-4-2-3-5-14(13)20(23)27/h2-7,10-11H,8-9H2,1H3/t11-/m0/s1. The summed E-state index contributed by atoms with van der Waals surface area (Å²) in [5.74, 6) is -4.79. The number of imide groups is 1. The average molecular weight is 387 g/mol. The van der Waals surface area contributed by atoms with E-state index in [-0.39, 0.29) is 29.7 Å². The summed E-state index contributed by atoms with van der Waals surface area (Å²) in [7, 11) is 0. The molecule has 0 spiro atoms. The number of fused-ring (bicyclic) bond motifs is 1. The summed E-state index contributed by atoms with van der Waals surface area (Å²) in [6.07, 6.45) is -1.54. The number of halogens is 2. The van der Waals surface area contributed by atoms with Gasteiger partial charge in [0.15, 0.2) is 17.7 Å². The fourth-order valence-corrected chi connectivity index (χ4v) is 2.84. The second-order valence-corrected chi connectivity index (χ2v) is 6.18. The molecule has 0 fully saturated rings. The van der Waals surface area contributed by atoms with Gasteiger partial charge in [0.25, 0.3) is 11.8 Å². The van der Waals surface area contributed by atoms with Crippen LogP contribution in [0.15, 0.2) is 42.5 Å². The minimum absolute atomic E-state index is 0.139. The van der Waals surface area contributed by atoms with Gasteiger partial charge in [-0.1, -0.05) is 12.1 Å². The van der Waals surface area contributed by atoms with Crippen LogP contribution in [0.3, 0.4) is 0 Å². The summed E-state index contributed by atoms with van der Waals surface area (Å²) in [5.41, 5.74) is 0.394. The highest BCUT2D eigenvalue weighted by Crippen LogP contribution is 2.22. The maximum absolute atomic E-state index is 13.2. The molecule has 0 N–H and O–H groups in total. The fourth-order valence-electron chi connectivity index (χ4n) is 2.84. The number of benzene rings is 2. The highest BCUT2D eigenvalue weighted by molar-refractivity contribution is 6.21. The molecular formula is C20H15F2NO5. The highest BCUT2D eigenvalue weighted by Gasteiger charge is 2.35. The van der Waals surface area contributed by atoms with Gasteiger partial charge in [0.2, 0.25) is 5.78 Å². The van der Waals surface area contributed by atoms with Gasteiger partial charge in [0.05, 0.1) is 17.5 Å². The lowest BCUT2D eigenvalue weighted by Gasteiger charge is -2.15. The van der Waals surface area contributed by atoms with Gasteiger partial charge in [0.1, 0.15) is 0 Å². The molecule has 144 valence electrons. The summed E-state index contributed by atoms with van der Waals surface area (Å²) >= 11 is 0. The van der Waals surface area contributed by atoms with E-state index in [4.69, 9.17) is 4.74 Å². The molecule has 3 rings (SSSR count). The van der Waals surface area contributed by atoms with Crippen LogP contribution >= 0.6 is 0 Å². The Bertz CT molecular complexity index is 953. The second kappa shape index (κ2) is 7.67. The van der Waals surface area contributed by atoms with E-state index in [0.29, 0.717) is 0 Å². The van der Waals surface area contributed by atoms with Gasteiger partial charge >= 0.3 is 5.97 Å². The van der Waals surface area contributed by atoms with Gasteiger partial charge < -0.3 is 4.74 Å². The van der Waals surface area contributed by atoms with Crippen LogP contribution in [0.2, 0.25) is 0 Å². The van der Waals surface area contributed by atoms with Gasteiger partial charge in [-0.3, -0.25) is 24.1 Å². The van der Waals surface area contributed by atoms with Crippen LogP contribution in [-0.4, -0.2) is 41.1 Å². The number of rotatable bonds is 6. The zero-order chi connectivity index (χ0) is 20.4. The van der Waals surface area contributed by atoms with E-state index in [1.54, 1.807) is 12.1 Å². The van der Waals surface area contributed by atoms with Crippen molar-refractivity contribution in [1.82, 2.24) is 4.90 Å². The first-order valence-electron chi connectivity index (χ1n) is 8.43. The summed E-state index contributed by atoms with van der Waals surface area (Å²) in [4.78, 5) is 49.6. The fraction of sp³-hybridized carbons (Fsp3) is 0.200. The van der Waals surface area contributed by atoms with Gasteiger partial charge in [-0.05, 0) is 37.3 Å². The van der Waals surface area contributed by atoms with Crippen molar-refractivity contribution >= 4 is 23.6 Å². The molecule has 28 heavy (non-hydrogen) atoms. The van der Waals surface area contributed by atoms with Gasteiger partial charge in [-0.15, -0.1) is 0 Å². The monoisotopic (exact) mass is 387 g/mol. The minimum Gasteiger partial charge on any atom is -0.454 e. The molecule has 2 aromatic carbocycles. The van der Waals surface area contributed by atoms with E-state index < -0.39 is 41.3 Å². The Hall–Kier alpha value is -3.42. The first kappa shape index (κ1) is 19.3. The van der Waals surface area contributed by atoms with E-state index in [9.17, 15) is 28.0 Å². The number of ketones is 1. The zero-order valence-corrected chi connectivity index (χ0v) is 14.8. The van der Waals surface area contributed by atoms with Crippen LogP contribution in [0.1, 0.15) is 44.4 Å². The zero-order valence-electron chi connectivity index (χ0n) is 14.8. The molecule has 0 saturated heterocycles. The molecule has 1 atom stereocenters. The molecule has 1 aliphatic heterocycles. The third-order valence-corrected chi connectivity index (χ3v) is 4.30. The molecule has 0 aromatic heterocycles. The maximum atomic E-state index is 13.2. The Morgan fingerprint density at radius 1 is 1.00 bits per heavy atom. The van der Waals surface area contributed by atoms with Crippen molar-refractivity contribution < 1.29 is 32.7 Å². The van der Waals surface area contributed by atoms with Gasteiger partial charge in [0, 0.05) is 12.1 Å². The van der Waals surface area contributed by atoms with Crippen LogP contribution in [0.25, 0.3) is 0 Å². The van der Waals surface area contributed by atoms with Gasteiger partial charge in [-0.25, -0.2) is 8.78 Å². The molecule has 1 aliphatic rings.